The Bertz CT molecular complexity index is 640. The third kappa shape index (κ3) is 12.1. The van der Waals surface area contributed by atoms with Gasteiger partial charge in [0.2, 0.25) is 5.91 Å². The summed E-state index contributed by atoms with van der Waals surface area (Å²) in [6.07, 6.45) is 2.54. The maximum absolute atomic E-state index is 12.0. The molecule has 2 N–H and O–H groups in total. The molecule has 0 saturated heterocycles. The maximum atomic E-state index is 12.0. The Hall–Kier alpha value is -1.33. The fraction of sp³-hybridized carbons (Fsp3) is 0.500. The summed E-state index contributed by atoms with van der Waals surface area (Å²) < 4.78 is 45.0. The van der Waals surface area contributed by atoms with Gasteiger partial charge in [-0.3, -0.25) is 17.4 Å². The highest BCUT2D eigenvalue weighted by Gasteiger charge is 2.13. The lowest BCUT2D eigenvalue weighted by Crippen LogP contribution is -2.39. The van der Waals surface area contributed by atoms with E-state index < -0.39 is 21.2 Å². The summed E-state index contributed by atoms with van der Waals surface area (Å²) in [5.41, 5.74) is 1.99. The Morgan fingerprint density at radius 1 is 1.29 bits per heavy atom. The van der Waals surface area contributed by atoms with E-state index in [-0.39, 0.29) is 11.9 Å². The number of amides is 1. The van der Waals surface area contributed by atoms with Crippen molar-refractivity contribution in [3.63, 3.8) is 0 Å². The van der Waals surface area contributed by atoms with Crippen LogP contribution in [-0.4, -0.2) is 52.2 Å². The highest BCUT2D eigenvalue weighted by Crippen LogP contribution is 2.15. The van der Waals surface area contributed by atoms with Gasteiger partial charge in [0.1, 0.15) is 0 Å². The monoisotopic (exact) mass is 378 g/mol. The van der Waals surface area contributed by atoms with E-state index in [0.717, 1.165) is 17.7 Å². The van der Waals surface area contributed by atoms with Crippen molar-refractivity contribution in [2.24, 2.45) is 0 Å². The third-order valence-corrected chi connectivity index (χ3v) is 3.67. The third-order valence-electron chi connectivity index (χ3n) is 2.89. The Balaban J connectivity index is 0.000000922. The smallest absolute Gasteiger partial charge is 0.241 e. The average molecular weight is 378 g/mol. The largest absolute Gasteiger partial charge is 0.759 e. The molecule has 0 aliphatic heterocycles. The number of rotatable bonds is 7. The molecule has 138 valence electrons. The first kappa shape index (κ1) is 22.7. The number of anilines is 1. The summed E-state index contributed by atoms with van der Waals surface area (Å²) in [5.74, 6) is 0.492. The van der Waals surface area contributed by atoms with Gasteiger partial charge in [-0.1, -0.05) is 25.1 Å². The number of nitrogens with one attached hydrogen (secondary N) is 2. The molecule has 2 atom stereocenters. The molecule has 2 unspecified atom stereocenters. The first-order valence-electron chi connectivity index (χ1n) is 7.13. The van der Waals surface area contributed by atoms with Crippen molar-refractivity contribution in [3.05, 3.63) is 29.8 Å². The van der Waals surface area contributed by atoms with Crippen LogP contribution in [0.25, 0.3) is 0 Å². The van der Waals surface area contributed by atoms with Crippen LogP contribution in [-0.2, 0) is 32.4 Å². The lowest BCUT2D eigenvalue weighted by atomic mass is 10.1. The van der Waals surface area contributed by atoms with Crippen LogP contribution in [0.2, 0.25) is 0 Å². The van der Waals surface area contributed by atoms with Crippen molar-refractivity contribution >= 4 is 32.8 Å². The number of para-hydroxylation sites is 1. The normalized spacial score (nSPS) is 13.4. The summed E-state index contributed by atoms with van der Waals surface area (Å²) >= 11 is 0. The lowest BCUT2D eigenvalue weighted by molar-refractivity contribution is -0.117. The first-order chi connectivity index (χ1) is 11.0. The molecule has 10 heteroatoms. The SMILES string of the molecule is CCc1ccccc1NC(=O)C(C)NCCS(C)=O.O=S(=O)([O-])[O-]. The zero-order valence-electron chi connectivity index (χ0n) is 13.8. The Kier molecular flexibility index (Phi) is 10.6. The molecular weight excluding hydrogens is 356 g/mol. The van der Waals surface area contributed by atoms with Crippen LogP contribution < -0.4 is 10.6 Å². The fourth-order valence-corrected chi connectivity index (χ4v) is 2.11. The molecular formula is C14H22N2O6S2-2. The topological polar surface area (TPSA) is 138 Å². The maximum Gasteiger partial charge on any atom is 0.241 e. The zero-order chi connectivity index (χ0) is 18.8. The first-order valence-corrected chi connectivity index (χ1v) is 10.2. The zero-order valence-corrected chi connectivity index (χ0v) is 15.4. The van der Waals surface area contributed by atoms with Gasteiger partial charge in [0.15, 0.2) is 0 Å². The van der Waals surface area contributed by atoms with Crippen molar-refractivity contribution in [2.75, 3.05) is 23.9 Å². The summed E-state index contributed by atoms with van der Waals surface area (Å²) in [6.45, 7) is 4.44. The van der Waals surface area contributed by atoms with E-state index in [1.807, 2.05) is 31.2 Å². The van der Waals surface area contributed by atoms with Gasteiger partial charge in [-0.25, -0.2) is 0 Å². The molecule has 0 radical (unpaired) electrons. The van der Waals surface area contributed by atoms with Gasteiger partial charge in [-0.2, -0.15) is 0 Å². The van der Waals surface area contributed by atoms with E-state index in [0.29, 0.717) is 12.3 Å². The molecule has 0 bridgehead atoms. The fourth-order valence-electron chi connectivity index (χ4n) is 1.70. The van der Waals surface area contributed by atoms with Crippen LogP contribution in [0.15, 0.2) is 24.3 Å². The van der Waals surface area contributed by atoms with Crippen LogP contribution in [0.1, 0.15) is 19.4 Å². The van der Waals surface area contributed by atoms with Crippen LogP contribution in [0.4, 0.5) is 5.69 Å². The van der Waals surface area contributed by atoms with Gasteiger partial charge in [0, 0.05) is 45.4 Å². The molecule has 1 amide bonds. The standard InChI is InChI=1S/C14H22N2O2S.H2O4S/c1-4-12-7-5-6-8-13(12)16-14(17)11(2)15-9-10-19(3)18;1-5(2,3)4/h5-8,11,15H,4,9-10H2,1-3H3,(H,16,17);(H2,1,2,3,4)/p-2. The second kappa shape index (κ2) is 11.3. The molecule has 24 heavy (non-hydrogen) atoms. The molecule has 0 aromatic heterocycles. The molecule has 1 aromatic carbocycles. The minimum Gasteiger partial charge on any atom is -0.759 e. The number of aryl methyl sites for hydroxylation is 1. The Morgan fingerprint density at radius 2 is 1.83 bits per heavy atom. The second-order valence-electron chi connectivity index (χ2n) is 4.86. The number of hydrogen-bond acceptors (Lipinski definition) is 7. The van der Waals surface area contributed by atoms with Gasteiger partial charge in [-0.05, 0) is 25.0 Å². The van der Waals surface area contributed by atoms with Crippen molar-refractivity contribution < 1.29 is 26.5 Å². The average Bonchev–Trinajstić information content (AvgIpc) is 2.45. The molecule has 0 heterocycles. The summed E-state index contributed by atoms with van der Waals surface area (Å²) in [6, 6.07) is 7.49. The predicted molar refractivity (Wildman–Crippen MR) is 91.3 cm³/mol. The van der Waals surface area contributed by atoms with Crippen molar-refractivity contribution in [2.45, 2.75) is 26.3 Å². The highest BCUT2D eigenvalue weighted by molar-refractivity contribution is 7.84. The molecule has 0 fully saturated rings. The predicted octanol–water partition coefficient (Wildman–Crippen LogP) is 0.206. The minimum atomic E-state index is -5.17. The van der Waals surface area contributed by atoms with E-state index in [9.17, 15) is 9.00 Å². The van der Waals surface area contributed by atoms with Crippen LogP contribution in [0.3, 0.4) is 0 Å². The number of benzene rings is 1. The number of carbonyl (C=O) groups excluding carboxylic acids is 1. The number of carbonyl (C=O) groups is 1. The number of hydrogen-bond donors (Lipinski definition) is 2. The van der Waals surface area contributed by atoms with Crippen LogP contribution >= 0.6 is 0 Å². The van der Waals surface area contributed by atoms with E-state index in [4.69, 9.17) is 17.5 Å². The Morgan fingerprint density at radius 3 is 2.33 bits per heavy atom. The highest BCUT2D eigenvalue weighted by atomic mass is 32.3. The molecule has 1 aromatic rings. The summed E-state index contributed by atoms with van der Waals surface area (Å²) in [7, 11) is -6.00. The van der Waals surface area contributed by atoms with Gasteiger partial charge >= 0.3 is 0 Å². The molecule has 1 rings (SSSR count). The summed E-state index contributed by atoms with van der Waals surface area (Å²) in [4.78, 5) is 12.0. The van der Waals surface area contributed by atoms with Gasteiger partial charge in [0.05, 0.1) is 6.04 Å². The van der Waals surface area contributed by atoms with E-state index in [1.54, 1.807) is 6.26 Å². The van der Waals surface area contributed by atoms with E-state index in [1.165, 1.54) is 0 Å². The molecule has 0 spiro atoms. The molecule has 8 nitrogen and oxygen atoms in total. The van der Waals surface area contributed by atoms with Gasteiger partial charge in [0.25, 0.3) is 0 Å². The van der Waals surface area contributed by atoms with Gasteiger partial charge in [-0.15, -0.1) is 0 Å². The van der Waals surface area contributed by atoms with Gasteiger partial charge < -0.3 is 19.7 Å². The second-order valence-corrected chi connectivity index (χ2v) is 7.23. The quantitative estimate of drug-likeness (QED) is 0.510. The van der Waals surface area contributed by atoms with Crippen molar-refractivity contribution in [3.8, 4) is 0 Å². The van der Waals surface area contributed by atoms with Crippen LogP contribution in [0.5, 0.6) is 0 Å². The van der Waals surface area contributed by atoms with Crippen molar-refractivity contribution in [1.29, 1.82) is 0 Å². The Labute approximate surface area is 145 Å². The van der Waals surface area contributed by atoms with Crippen LogP contribution in [0, 0.1) is 0 Å². The molecule has 0 saturated carbocycles. The molecule has 0 aliphatic rings. The summed E-state index contributed by atoms with van der Waals surface area (Å²) in [5, 5.41) is 5.99. The molecule has 0 aliphatic carbocycles. The van der Waals surface area contributed by atoms with E-state index >= 15 is 0 Å². The van der Waals surface area contributed by atoms with Crippen molar-refractivity contribution in [1.82, 2.24) is 5.32 Å². The minimum absolute atomic E-state index is 0.0669. The lowest BCUT2D eigenvalue weighted by Gasteiger charge is -2.15. The van der Waals surface area contributed by atoms with E-state index in [2.05, 4.69) is 17.6 Å².